The third-order valence-corrected chi connectivity index (χ3v) is 4.20. The van der Waals surface area contributed by atoms with Gasteiger partial charge in [-0.25, -0.2) is 0 Å². The summed E-state index contributed by atoms with van der Waals surface area (Å²) in [6.45, 7) is 4.78. The molecular formula is C13H21ClN2O3. The Morgan fingerprint density at radius 1 is 1.42 bits per heavy atom. The average molecular weight is 289 g/mol. The zero-order valence-electron chi connectivity index (χ0n) is 11.4. The van der Waals surface area contributed by atoms with Crippen molar-refractivity contribution in [3.63, 3.8) is 0 Å². The lowest BCUT2D eigenvalue weighted by molar-refractivity contribution is -0.154. The number of hydrogen-bond acceptors (Lipinski definition) is 3. The predicted molar refractivity (Wildman–Crippen MR) is 72.0 cm³/mol. The lowest BCUT2D eigenvalue weighted by atomic mass is 9.93. The smallest absolute Gasteiger partial charge is 0.245 e. The Bertz CT molecular complexity index is 369. The van der Waals surface area contributed by atoms with Gasteiger partial charge in [0, 0.05) is 18.5 Å². The Morgan fingerprint density at radius 3 is 2.68 bits per heavy atom. The number of nitrogens with one attached hydrogen (secondary N) is 1. The number of alkyl halides is 1. The SMILES string of the molecule is CC(C)(CCl)C(=O)N1CCOCC1C(=O)NC1CC1. The van der Waals surface area contributed by atoms with Gasteiger partial charge < -0.3 is 15.0 Å². The highest BCUT2D eigenvalue weighted by Crippen LogP contribution is 2.24. The number of ether oxygens (including phenoxy) is 1. The monoisotopic (exact) mass is 288 g/mol. The summed E-state index contributed by atoms with van der Waals surface area (Å²) >= 11 is 5.85. The third-order valence-electron chi connectivity index (χ3n) is 3.53. The number of halogens is 1. The van der Waals surface area contributed by atoms with Crippen molar-refractivity contribution >= 4 is 23.4 Å². The molecule has 0 aromatic rings. The molecule has 1 N–H and O–H groups in total. The van der Waals surface area contributed by atoms with Crippen molar-refractivity contribution < 1.29 is 14.3 Å². The molecule has 6 heteroatoms. The van der Waals surface area contributed by atoms with Crippen LogP contribution in [0.2, 0.25) is 0 Å². The summed E-state index contributed by atoms with van der Waals surface area (Å²) in [7, 11) is 0. The van der Waals surface area contributed by atoms with Gasteiger partial charge in [-0.15, -0.1) is 11.6 Å². The second-order valence-electron chi connectivity index (χ2n) is 5.89. The van der Waals surface area contributed by atoms with E-state index in [1.807, 2.05) is 0 Å². The standard InChI is InChI=1S/C13H21ClN2O3/c1-13(2,8-14)12(18)16-5-6-19-7-10(16)11(17)15-9-3-4-9/h9-10H,3-8H2,1-2H3,(H,15,17). The van der Waals surface area contributed by atoms with Crippen LogP contribution in [0.5, 0.6) is 0 Å². The molecule has 108 valence electrons. The van der Waals surface area contributed by atoms with Crippen molar-refractivity contribution in [2.45, 2.75) is 38.8 Å². The van der Waals surface area contributed by atoms with Crippen LogP contribution in [0.3, 0.4) is 0 Å². The molecule has 0 spiro atoms. The summed E-state index contributed by atoms with van der Waals surface area (Å²) < 4.78 is 5.34. The Morgan fingerprint density at radius 2 is 2.11 bits per heavy atom. The molecule has 5 nitrogen and oxygen atoms in total. The van der Waals surface area contributed by atoms with Crippen molar-refractivity contribution in [2.75, 3.05) is 25.6 Å². The van der Waals surface area contributed by atoms with E-state index in [9.17, 15) is 9.59 Å². The fourth-order valence-electron chi connectivity index (χ4n) is 2.03. The zero-order chi connectivity index (χ0) is 14.0. The summed E-state index contributed by atoms with van der Waals surface area (Å²) in [5.74, 6) is 0.0443. The van der Waals surface area contributed by atoms with Crippen molar-refractivity contribution in [3.05, 3.63) is 0 Å². The first-order valence-corrected chi connectivity index (χ1v) is 7.24. The van der Waals surface area contributed by atoms with Crippen LogP contribution in [0, 0.1) is 5.41 Å². The summed E-state index contributed by atoms with van der Waals surface area (Å²) in [6, 6.07) is -0.239. The zero-order valence-corrected chi connectivity index (χ0v) is 12.2. The van der Waals surface area contributed by atoms with Gasteiger partial charge in [0.2, 0.25) is 11.8 Å². The van der Waals surface area contributed by atoms with E-state index in [4.69, 9.17) is 16.3 Å². The van der Waals surface area contributed by atoms with Crippen LogP contribution >= 0.6 is 11.6 Å². The molecule has 1 aliphatic heterocycles. The van der Waals surface area contributed by atoms with E-state index in [1.54, 1.807) is 18.7 Å². The lowest BCUT2D eigenvalue weighted by Crippen LogP contribution is -2.59. The third kappa shape index (κ3) is 3.39. The molecule has 1 saturated carbocycles. The van der Waals surface area contributed by atoms with Crippen molar-refractivity contribution in [2.24, 2.45) is 5.41 Å². The topological polar surface area (TPSA) is 58.6 Å². The lowest BCUT2D eigenvalue weighted by Gasteiger charge is -2.38. The minimum atomic E-state index is -0.656. The molecule has 2 aliphatic rings. The van der Waals surface area contributed by atoms with Crippen LogP contribution in [-0.2, 0) is 14.3 Å². The second kappa shape index (κ2) is 5.67. The van der Waals surface area contributed by atoms with Gasteiger partial charge in [-0.1, -0.05) is 0 Å². The van der Waals surface area contributed by atoms with Crippen LogP contribution < -0.4 is 5.32 Å². The number of nitrogens with zero attached hydrogens (tertiary/aromatic N) is 1. The van der Waals surface area contributed by atoms with Gasteiger partial charge in [0.1, 0.15) is 6.04 Å². The van der Waals surface area contributed by atoms with E-state index in [-0.39, 0.29) is 30.3 Å². The highest BCUT2D eigenvalue weighted by molar-refractivity contribution is 6.19. The van der Waals surface area contributed by atoms with E-state index in [2.05, 4.69) is 5.32 Å². The number of amides is 2. The summed E-state index contributed by atoms with van der Waals surface area (Å²) in [4.78, 5) is 26.2. The highest BCUT2D eigenvalue weighted by atomic mass is 35.5. The molecule has 1 atom stereocenters. The maximum atomic E-state index is 12.5. The molecule has 1 aliphatic carbocycles. The molecule has 0 aromatic carbocycles. The van der Waals surface area contributed by atoms with Gasteiger partial charge in [0.25, 0.3) is 0 Å². The number of rotatable bonds is 4. The summed E-state index contributed by atoms with van der Waals surface area (Å²) in [5, 5.41) is 2.93. The maximum absolute atomic E-state index is 12.5. The summed E-state index contributed by atoms with van der Waals surface area (Å²) in [5.41, 5.74) is -0.656. The first kappa shape index (κ1) is 14.6. The van der Waals surface area contributed by atoms with E-state index in [0.29, 0.717) is 13.2 Å². The molecule has 1 saturated heterocycles. The van der Waals surface area contributed by atoms with E-state index in [0.717, 1.165) is 12.8 Å². The van der Waals surface area contributed by atoms with E-state index < -0.39 is 11.5 Å². The molecule has 1 unspecified atom stereocenters. The molecule has 2 rings (SSSR count). The second-order valence-corrected chi connectivity index (χ2v) is 6.16. The average Bonchev–Trinajstić information content (AvgIpc) is 3.21. The fourth-order valence-corrected chi connectivity index (χ4v) is 2.15. The predicted octanol–water partition coefficient (Wildman–Crippen LogP) is 0.757. The molecule has 2 fully saturated rings. The minimum Gasteiger partial charge on any atom is -0.377 e. The van der Waals surface area contributed by atoms with Gasteiger partial charge in [-0.2, -0.15) is 0 Å². The van der Waals surface area contributed by atoms with Crippen molar-refractivity contribution in [1.82, 2.24) is 10.2 Å². The van der Waals surface area contributed by atoms with Crippen molar-refractivity contribution in [3.8, 4) is 0 Å². The molecule has 2 amide bonds. The molecule has 0 bridgehead atoms. The van der Waals surface area contributed by atoms with Gasteiger partial charge in [0.15, 0.2) is 0 Å². The van der Waals surface area contributed by atoms with E-state index in [1.165, 1.54) is 0 Å². The molecule has 0 radical (unpaired) electrons. The van der Waals surface area contributed by atoms with Crippen molar-refractivity contribution in [1.29, 1.82) is 0 Å². The van der Waals surface area contributed by atoms with E-state index >= 15 is 0 Å². The normalized spacial score (nSPS) is 24.2. The van der Waals surface area contributed by atoms with Gasteiger partial charge in [-0.3, -0.25) is 9.59 Å². The minimum absolute atomic E-state index is 0.0817. The van der Waals surface area contributed by atoms with Crippen LogP contribution in [0.1, 0.15) is 26.7 Å². The first-order valence-electron chi connectivity index (χ1n) is 6.71. The number of morpholine rings is 1. The fraction of sp³-hybridized carbons (Fsp3) is 0.846. The Balaban J connectivity index is 2.06. The Hall–Kier alpha value is -0.810. The Labute approximate surface area is 118 Å². The largest absolute Gasteiger partial charge is 0.377 e. The Kier molecular flexibility index (Phi) is 4.36. The van der Waals surface area contributed by atoms with Crippen LogP contribution in [0.25, 0.3) is 0 Å². The quantitative estimate of drug-likeness (QED) is 0.777. The van der Waals surface area contributed by atoms with Crippen LogP contribution in [-0.4, -0.2) is 54.4 Å². The molecule has 0 aromatic heterocycles. The molecule has 1 heterocycles. The number of hydrogen-bond donors (Lipinski definition) is 1. The van der Waals surface area contributed by atoms with Gasteiger partial charge in [0.05, 0.1) is 18.6 Å². The number of carbonyl (C=O) groups is 2. The summed E-state index contributed by atoms with van der Waals surface area (Å²) in [6.07, 6.45) is 2.06. The number of carbonyl (C=O) groups excluding carboxylic acids is 2. The maximum Gasteiger partial charge on any atom is 0.245 e. The molecule has 19 heavy (non-hydrogen) atoms. The highest BCUT2D eigenvalue weighted by Gasteiger charge is 2.40. The van der Waals surface area contributed by atoms with Crippen LogP contribution in [0.15, 0.2) is 0 Å². The van der Waals surface area contributed by atoms with Gasteiger partial charge in [-0.05, 0) is 26.7 Å². The van der Waals surface area contributed by atoms with Gasteiger partial charge >= 0.3 is 0 Å². The molecular weight excluding hydrogens is 268 g/mol. The van der Waals surface area contributed by atoms with Crippen LogP contribution in [0.4, 0.5) is 0 Å². The first-order chi connectivity index (χ1) is 8.95.